The van der Waals surface area contributed by atoms with Crippen molar-refractivity contribution >= 4 is 23.4 Å². The highest BCUT2D eigenvalue weighted by Crippen LogP contribution is 2.32. The Morgan fingerprint density at radius 2 is 1.48 bits per heavy atom. The molecule has 0 bridgehead atoms. The number of hydrogen-bond acceptors (Lipinski definition) is 4. The minimum absolute atomic E-state index is 0.200. The number of nitrogens with one attached hydrogen (secondary N) is 2. The molecule has 3 rings (SSSR count). The van der Waals surface area contributed by atoms with Gasteiger partial charge in [0.05, 0.1) is 0 Å². The third kappa shape index (κ3) is 4.52. The highest BCUT2D eigenvalue weighted by atomic mass is 35.5. The first-order valence-electron chi connectivity index (χ1n) is 8.56. The van der Waals surface area contributed by atoms with Crippen LogP contribution in [0.5, 0.6) is 11.5 Å². The number of hydrogen-bond donors (Lipinski definition) is 2. The van der Waals surface area contributed by atoms with Crippen LogP contribution in [0.15, 0.2) is 42.5 Å². The largest absolute Gasteiger partial charge is 0.454 e. The molecule has 1 aliphatic rings. The molecule has 0 aromatic heterocycles. The summed E-state index contributed by atoms with van der Waals surface area (Å²) in [4.78, 5) is 25.0. The van der Waals surface area contributed by atoms with Gasteiger partial charge >= 0.3 is 0 Å². The van der Waals surface area contributed by atoms with Gasteiger partial charge in [-0.1, -0.05) is 29.8 Å². The fourth-order valence-electron chi connectivity index (χ4n) is 2.56. The maximum Gasteiger partial charge on any atom is 0.235 e. The zero-order valence-corrected chi connectivity index (χ0v) is 15.9. The van der Waals surface area contributed by atoms with Crippen molar-refractivity contribution in [3.05, 3.63) is 58.6 Å². The van der Waals surface area contributed by atoms with Crippen molar-refractivity contribution in [2.45, 2.75) is 26.9 Å². The third-order valence-electron chi connectivity index (χ3n) is 4.39. The van der Waals surface area contributed by atoms with Gasteiger partial charge in [-0.05, 0) is 49.2 Å². The highest BCUT2D eigenvalue weighted by molar-refractivity contribution is 6.30. The van der Waals surface area contributed by atoms with Gasteiger partial charge < -0.3 is 20.1 Å². The van der Waals surface area contributed by atoms with E-state index in [-0.39, 0.29) is 18.6 Å². The zero-order valence-electron chi connectivity index (χ0n) is 15.2. The Kier molecular flexibility index (Phi) is 5.56. The van der Waals surface area contributed by atoms with E-state index in [9.17, 15) is 9.59 Å². The highest BCUT2D eigenvalue weighted by Gasteiger charge is 2.35. The number of rotatable bonds is 6. The maximum atomic E-state index is 12.5. The monoisotopic (exact) mass is 388 g/mol. The van der Waals surface area contributed by atoms with Gasteiger partial charge in [-0.25, -0.2) is 0 Å². The van der Waals surface area contributed by atoms with E-state index in [1.54, 1.807) is 32.0 Å². The second-order valence-corrected chi connectivity index (χ2v) is 7.24. The fraction of sp³-hybridized carbons (Fsp3) is 0.300. The van der Waals surface area contributed by atoms with Crippen LogP contribution >= 0.6 is 11.6 Å². The fourth-order valence-corrected chi connectivity index (χ4v) is 2.69. The predicted octanol–water partition coefficient (Wildman–Crippen LogP) is 3.03. The van der Waals surface area contributed by atoms with Crippen LogP contribution in [0.4, 0.5) is 0 Å². The average molecular weight is 389 g/mol. The number of ether oxygens (including phenoxy) is 2. The van der Waals surface area contributed by atoms with Crippen molar-refractivity contribution in [2.75, 3.05) is 6.79 Å². The lowest BCUT2D eigenvalue weighted by molar-refractivity contribution is -0.141. The number of carbonyl (C=O) groups is 2. The molecule has 2 amide bonds. The molecular formula is C20H21ClN2O4. The third-order valence-corrected chi connectivity index (χ3v) is 4.64. The number of fused-ring (bicyclic) bond motifs is 1. The summed E-state index contributed by atoms with van der Waals surface area (Å²) in [6, 6.07) is 12.6. The molecule has 7 heteroatoms. The van der Waals surface area contributed by atoms with E-state index in [2.05, 4.69) is 10.6 Å². The topological polar surface area (TPSA) is 76.7 Å². The van der Waals surface area contributed by atoms with Crippen LogP contribution in [-0.4, -0.2) is 18.6 Å². The van der Waals surface area contributed by atoms with Crippen molar-refractivity contribution in [2.24, 2.45) is 5.41 Å². The van der Waals surface area contributed by atoms with Crippen LogP contribution in [0.2, 0.25) is 5.02 Å². The van der Waals surface area contributed by atoms with Gasteiger partial charge in [0, 0.05) is 18.1 Å². The summed E-state index contributed by atoms with van der Waals surface area (Å²) < 4.78 is 10.6. The van der Waals surface area contributed by atoms with E-state index in [0.29, 0.717) is 29.6 Å². The van der Waals surface area contributed by atoms with Crippen LogP contribution in [0.1, 0.15) is 25.0 Å². The average Bonchev–Trinajstić information content (AvgIpc) is 3.13. The summed E-state index contributed by atoms with van der Waals surface area (Å²) in [6.45, 7) is 4.02. The molecular weight excluding hydrogens is 368 g/mol. The SMILES string of the molecule is CC(C)(C(=O)NCc1ccc(Cl)cc1)C(=O)NCc1ccc2c(c1)OCO2. The molecule has 0 atom stereocenters. The van der Waals surface area contributed by atoms with Crippen molar-refractivity contribution < 1.29 is 19.1 Å². The Labute approximate surface area is 162 Å². The van der Waals surface area contributed by atoms with Gasteiger partial charge in [-0.3, -0.25) is 9.59 Å². The van der Waals surface area contributed by atoms with E-state index in [1.165, 1.54) is 0 Å². The minimum atomic E-state index is -1.21. The first kappa shape index (κ1) is 19.0. The molecule has 1 heterocycles. The van der Waals surface area contributed by atoms with Gasteiger partial charge in [-0.15, -0.1) is 0 Å². The lowest BCUT2D eigenvalue weighted by Crippen LogP contribution is -2.47. The number of benzene rings is 2. The van der Waals surface area contributed by atoms with Crippen LogP contribution < -0.4 is 20.1 Å². The van der Waals surface area contributed by atoms with Crippen molar-refractivity contribution in [1.82, 2.24) is 10.6 Å². The van der Waals surface area contributed by atoms with Crippen molar-refractivity contribution in [3.63, 3.8) is 0 Å². The second-order valence-electron chi connectivity index (χ2n) is 6.80. The zero-order chi connectivity index (χ0) is 19.4. The molecule has 0 saturated heterocycles. The van der Waals surface area contributed by atoms with Crippen LogP contribution in [0.25, 0.3) is 0 Å². The molecule has 2 aromatic rings. The van der Waals surface area contributed by atoms with Gasteiger partial charge in [-0.2, -0.15) is 0 Å². The van der Waals surface area contributed by atoms with Crippen molar-refractivity contribution in [1.29, 1.82) is 0 Å². The Bertz CT molecular complexity index is 850. The molecule has 1 aliphatic heterocycles. The predicted molar refractivity (Wildman–Crippen MR) is 101 cm³/mol. The minimum Gasteiger partial charge on any atom is -0.454 e. The van der Waals surface area contributed by atoms with E-state index in [0.717, 1.165) is 11.1 Å². The van der Waals surface area contributed by atoms with Crippen LogP contribution in [0.3, 0.4) is 0 Å². The molecule has 2 aromatic carbocycles. The summed E-state index contributed by atoms with van der Waals surface area (Å²) in [5.74, 6) is 0.642. The second kappa shape index (κ2) is 7.88. The quantitative estimate of drug-likeness (QED) is 0.746. The van der Waals surface area contributed by atoms with E-state index in [4.69, 9.17) is 21.1 Å². The normalized spacial score (nSPS) is 12.6. The molecule has 0 radical (unpaired) electrons. The molecule has 0 spiro atoms. The Morgan fingerprint density at radius 3 is 2.15 bits per heavy atom. The van der Waals surface area contributed by atoms with Crippen LogP contribution in [-0.2, 0) is 22.7 Å². The molecule has 0 fully saturated rings. The molecule has 2 N–H and O–H groups in total. The maximum absolute atomic E-state index is 12.5. The lowest BCUT2D eigenvalue weighted by atomic mass is 9.91. The van der Waals surface area contributed by atoms with Gasteiger partial charge in [0.1, 0.15) is 5.41 Å². The first-order chi connectivity index (χ1) is 12.9. The number of halogens is 1. The standard InChI is InChI=1S/C20H21ClN2O4/c1-20(2,18(24)22-10-13-3-6-15(21)7-4-13)19(25)23-11-14-5-8-16-17(9-14)27-12-26-16/h3-9H,10-12H2,1-2H3,(H,22,24)(H,23,25). The summed E-state index contributed by atoms with van der Waals surface area (Å²) in [6.07, 6.45) is 0. The number of carbonyl (C=O) groups excluding carboxylic acids is 2. The lowest BCUT2D eigenvalue weighted by Gasteiger charge is -2.23. The van der Waals surface area contributed by atoms with E-state index < -0.39 is 5.41 Å². The molecule has 142 valence electrons. The summed E-state index contributed by atoms with van der Waals surface area (Å²) in [7, 11) is 0. The summed E-state index contributed by atoms with van der Waals surface area (Å²) in [5.41, 5.74) is 0.567. The Balaban J connectivity index is 1.54. The van der Waals surface area contributed by atoms with Crippen LogP contribution in [0, 0.1) is 5.41 Å². The molecule has 27 heavy (non-hydrogen) atoms. The number of amides is 2. The Hall–Kier alpha value is -2.73. The summed E-state index contributed by atoms with van der Waals surface area (Å²) in [5, 5.41) is 6.23. The molecule has 6 nitrogen and oxygen atoms in total. The smallest absolute Gasteiger partial charge is 0.235 e. The Morgan fingerprint density at radius 1 is 0.926 bits per heavy atom. The molecule has 0 aliphatic carbocycles. The first-order valence-corrected chi connectivity index (χ1v) is 8.93. The molecule has 0 saturated carbocycles. The molecule has 0 unspecified atom stereocenters. The van der Waals surface area contributed by atoms with Gasteiger partial charge in [0.15, 0.2) is 11.5 Å². The van der Waals surface area contributed by atoms with Gasteiger partial charge in [0.2, 0.25) is 18.6 Å². The van der Waals surface area contributed by atoms with Crippen molar-refractivity contribution in [3.8, 4) is 11.5 Å². The van der Waals surface area contributed by atoms with Gasteiger partial charge in [0.25, 0.3) is 0 Å². The van der Waals surface area contributed by atoms with E-state index >= 15 is 0 Å². The summed E-state index contributed by atoms with van der Waals surface area (Å²) >= 11 is 5.85. The van der Waals surface area contributed by atoms with E-state index in [1.807, 2.05) is 24.3 Å².